The van der Waals surface area contributed by atoms with E-state index in [9.17, 15) is 4.57 Å². The number of phosphoric acid groups is 1. The van der Waals surface area contributed by atoms with Gasteiger partial charge in [-0.25, -0.2) is 4.57 Å². The minimum Gasteiger partial charge on any atom is -0.287 e. The van der Waals surface area contributed by atoms with Crippen LogP contribution in [-0.2, 0) is 18.1 Å². The van der Waals surface area contributed by atoms with Gasteiger partial charge in [0.05, 0.1) is 13.2 Å². The Hall–Kier alpha value is 1.46. The van der Waals surface area contributed by atoms with E-state index in [-0.39, 0.29) is 19.6 Å². The smallest absolute Gasteiger partial charge is 0.287 e. The van der Waals surface area contributed by atoms with Gasteiger partial charge in [0.1, 0.15) is 5.01 Å². The van der Waals surface area contributed by atoms with Crippen LogP contribution in [0.5, 0.6) is 0 Å². The van der Waals surface area contributed by atoms with Gasteiger partial charge in [-0.2, -0.15) is 0 Å². The number of halogens is 4. The summed E-state index contributed by atoms with van der Waals surface area (Å²) in [5.41, 5.74) is 0. The molecular formula is C8H15BrCl3O4P. The third-order valence-electron chi connectivity index (χ3n) is 1.47. The van der Waals surface area contributed by atoms with Crippen molar-refractivity contribution in [3.05, 3.63) is 0 Å². The lowest BCUT2D eigenvalue weighted by Crippen LogP contribution is -2.11. The summed E-state index contributed by atoms with van der Waals surface area (Å²) in [4.78, 5) is 0. The summed E-state index contributed by atoms with van der Waals surface area (Å²) in [6.45, 7) is 3.84. The first-order chi connectivity index (χ1) is 7.72. The van der Waals surface area contributed by atoms with E-state index in [2.05, 4.69) is 15.9 Å². The molecule has 4 nitrogen and oxygen atoms in total. The third-order valence-corrected chi connectivity index (χ3v) is 4.63. The lowest BCUT2D eigenvalue weighted by atomic mass is 10.3. The number of rotatable bonds is 8. The molecule has 0 bridgehead atoms. The second-order valence-corrected chi connectivity index (χ2v) is 8.11. The molecule has 0 heterocycles. The van der Waals surface area contributed by atoms with Crippen LogP contribution in [0.15, 0.2) is 0 Å². The minimum absolute atomic E-state index is 0.224. The molecule has 0 aliphatic rings. The molecule has 0 saturated carbocycles. The molecule has 0 aromatic rings. The maximum atomic E-state index is 12.0. The minimum atomic E-state index is -3.53. The van der Waals surface area contributed by atoms with Crippen molar-refractivity contribution in [1.82, 2.24) is 0 Å². The van der Waals surface area contributed by atoms with Gasteiger partial charge in [-0.05, 0) is 26.7 Å². The normalized spacial score (nSPS) is 14.9. The van der Waals surface area contributed by atoms with Crippen molar-refractivity contribution >= 4 is 58.6 Å². The molecule has 9 heteroatoms. The van der Waals surface area contributed by atoms with Crippen molar-refractivity contribution < 1.29 is 18.1 Å². The van der Waals surface area contributed by atoms with Crippen molar-refractivity contribution in [2.24, 2.45) is 0 Å². The van der Waals surface area contributed by atoms with Gasteiger partial charge in [0.15, 0.2) is 3.79 Å². The average molecular weight is 392 g/mol. The molecular weight excluding hydrogens is 377 g/mol. The van der Waals surface area contributed by atoms with Gasteiger partial charge >= 0.3 is 7.82 Å². The summed E-state index contributed by atoms with van der Waals surface area (Å²) in [6, 6.07) is 0. The highest BCUT2D eigenvalue weighted by Gasteiger charge is 2.30. The lowest BCUT2D eigenvalue weighted by molar-refractivity contribution is 0.112. The maximum Gasteiger partial charge on any atom is 0.475 e. The molecule has 1 unspecified atom stereocenters. The third kappa shape index (κ3) is 9.97. The van der Waals surface area contributed by atoms with Gasteiger partial charge in [-0.1, -0.05) is 50.7 Å². The van der Waals surface area contributed by atoms with Crippen molar-refractivity contribution in [2.45, 2.75) is 35.5 Å². The van der Waals surface area contributed by atoms with E-state index in [0.29, 0.717) is 6.42 Å². The fraction of sp³-hybridized carbons (Fsp3) is 1.00. The standard InChI is InChI=1S/C8H15BrCl3O4P/c1-3-14-17(13,15-4-2)16-7(9)5-6-8(10,11)12/h7H,3-6H2,1-2H3. The largest absolute Gasteiger partial charge is 0.475 e. The fourth-order valence-electron chi connectivity index (χ4n) is 0.884. The van der Waals surface area contributed by atoms with Crippen LogP contribution < -0.4 is 0 Å². The van der Waals surface area contributed by atoms with Crippen molar-refractivity contribution in [1.29, 1.82) is 0 Å². The van der Waals surface area contributed by atoms with Gasteiger partial charge in [-0.15, -0.1) is 0 Å². The molecule has 0 rings (SSSR count). The van der Waals surface area contributed by atoms with E-state index in [0.717, 1.165) is 0 Å². The van der Waals surface area contributed by atoms with E-state index in [4.69, 9.17) is 48.4 Å². The van der Waals surface area contributed by atoms with Gasteiger partial charge in [0.2, 0.25) is 0 Å². The second kappa shape index (κ2) is 8.60. The summed E-state index contributed by atoms with van der Waals surface area (Å²) < 4.78 is 25.7. The van der Waals surface area contributed by atoms with Crippen molar-refractivity contribution in [2.75, 3.05) is 13.2 Å². The molecule has 104 valence electrons. The molecule has 0 N–H and O–H groups in total. The van der Waals surface area contributed by atoms with Crippen LogP contribution in [0.25, 0.3) is 0 Å². The van der Waals surface area contributed by atoms with Crippen LogP contribution in [0.2, 0.25) is 0 Å². The summed E-state index contributed by atoms with van der Waals surface area (Å²) in [6.07, 6.45) is 0.618. The highest BCUT2D eigenvalue weighted by atomic mass is 79.9. The topological polar surface area (TPSA) is 44.8 Å². The van der Waals surface area contributed by atoms with Gasteiger partial charge in [-0.3, -0.25) is 13.6 Å². The van der Waals surface area contributed by atoms with Crippen LogP contribution in [0.3, 0.4) is 0 Å². The summed E-state index contributed by atoms with van der Waals surface area (Å²) in [5.74, 6) is 0. The first-order valence-corrected chi connectivity index (χ1v) is 8.51. The summed E-state index contributed by atoms with van der Waals surface area (Å²) >= 11 is 20.0. The Labute approximate surface area is 125 Å². The Morgan fingerprint density at radius 2 is 1.71 bits per heavy atom. The van der Waals surface area contributed by atoms with Crippen LogP contribution in [-0.4, -0.2) is 22.0 Å². The highest BCUT2D eigenvalue weighted by molar-refractivity contribution is 9.09. The van der Waals surface area contributed by atoms with Gasteiger partial charge < -0.3 is 0 Å². The molecule has 1 atom stereocenters. The van der Waals surface area contributed by atoms with Crippen LogP contribution in [0.1, 0.15) is 26.7 Å². The molecule has 0 aliphatic carbocycles. The zero-order chi connectivity index (χ0) is 13.5. The first kappa shape index (κ1) is 18.5. The van der Waals surface area contributed by atoms with Gasteiger partial charge in [0.25, 0.3) is 0 Å². The molecule has 0 fully saturated rings. The molecule has 17 heavy (non-hydrogen) atoms. The fourth-order valence-corrected chi connectivity index (χ4v) is 3.27. The van der Waals surface area contributed by atoms with Crippen molar-refractivity contribution in [3.63, 3.8) is 0 Å². The highest BCUT2D eigenvalue weighted by Crippen LogP contribution is 2.52. The van der Waals surface area contributed by atoms with Gasteiger partial charge in [0, 0.05) is 0 Å². The SMILES string of the molecule is CCOP(=O)(OCC)OC(Br)CCC(Cl)(Cl)Cl. The Bertz CT molecular complexity index is 252. The lowest BCUT2D eigenvalue weighted by Gasteiger charge is -2.20. The molecule has 0 aromatic carbocycles. The molecule has 0 aromatic heterocycles. The Morgan fingerprint density at radius 3 is 2.06 bits per heavy atom. The molecule has 0 spiro atoms. The van der Waals surface area contributed by atoms with Crippen molar-refractivity contribution in [3.8, 4) is 0 Å². The second-order valence-electron chi connectivity index (χ2n) is 2.95. The maximum absolute atomic E-state index is 12.0. The van der Waals surface area contributed by atoms with Crippen LogP contribution in [0, 0.1) is 0 Å². The zero-order valence-corrected chi connectivity index (χ0v) is 14.2. The van der Waals surface area contributed by atoms with E-state index >= 15 is 0 Å². The number of hydrogen-bond donors (Lipinski definition) is 0. The Morgan fingerprint density at radius 1 is 1.24 bits per heavy atom. The summed E-state index contributed by atoms with van der Waals surface area (Å²) in [7, 11) is -3.53. The molecule has 0 amide bonds. The van der Waals surface area contributed by atoms with Crippen LogP contribution >= 0.6 is 58.6 Å². The Kier molecular flexibility index (Phi) is 9.33. The van der Waals surface area contributed by atoms with Crippen LogP contribution in [0.4, 0.5) is 0 Å². The predicted molar refractivity (Wildman–Crippen MR) is 74.2 cm³/mol. The first-order valence-electron chi connectivity index (χ1n) is 5.00. The van der Waals surface area contributed by atoms with E-state index in [1.165, 1.54) is 0 Å². The summed E-state index contributed by atoms with van der Waals surface area (Å²) in [5, 5.41) is -0.568. The van der Waals surface area contributed by atoms with E-state index in [1.807, 2.05) is 0 Å². The monoisotopic (exact) mass is 390 g/mol. The Balaban J connectivity index is 4.22. The van der Waals surface area contributed by atoms with E-state index < -0.39 is 16.6 Å². The van der Waals surface area contributed by atoms with E-state index in [1.54, 1.807) is 13.8 Å². The molecule has 0 aliphatic heterocycles. The number of alkyl halides is 4. The molecule has 0 radical (unpaired) electrons. The number of hydrogen-bond acceptors (Lipinski definition) is 4. The predicted octanol–water partition coefficient (Wildman–Crippen LogP) is 5.06. The average Bonchev–Trinajstić information content (AvgIpc) is 2.14. The quantitative estimate of drug-likeness (QED) is 0.428. The molecule has 0 saturated heterocycles. The zero-order valence-electron chi connectivity index (χ0n) is 9.50. The number of phosphoric ester groups is 1.